The summed E-state index contributed by atoms with van der Waals surface area (Å²) < 4.78 is 27.9. The van der Waals surface area contributed by atoms with Crippen molar-refractivity contribution in [2.75, 3.05) is 26.7 Å². The van der Waals surface area contributed by atoms with Gasteiger partial charge in [0.2, 0.25) is 0 Å². The van der Waals surface area contributed by atoms with Crippen molar-refractivity contribution in [2.24, 2.45) is 5.92 Å². The van der Waals surface area contributed by atoms with Gasteiger partial charge in [-0.1, -0.05) is 36.9 Å². The fraction of sp³-hybridized carbons (Fsp3) is 0.417. The lowest BCUT2D eigenvalue weighted by atomic mass is 9.89. The SMILES string of the molecule is C=C(NC)c1cc(C(=O)NCCCC2CCNCC2(F)F)cc(Cc2ccccc2)n1. The number of carbonyl (C=O) groups excluding carboxylic acids is 1. The molecular weight excluding hydrogens is 398 g/mol. The molecule has 5 nitrogen and oxygen atoms in total. The number of aromatic nitrogens is 1. The van der Waals surface area contributed by atoms with Gasteiger partial charge in [0.15, 0.2) is 0 Å². The third kappa shape index (κ3) is 6.34. The minimum atomic E-state index is -2.68. The zero-order valence-electron chi connectivity index (χ0n) is 17.9. The number of carbonyl (C=O) groups is 1. The maximum Gasteiger partial charge on any atom is 0.263 e. The van der Waals surface area contributed by atoms with Crippen molar-refractivity contribution in [3.63, 3.8) is 0 Å². The summed E-state index contributed by atoms with van der Waals surface area (Å²) in [5.74, 6) is -3.55. The van der Waals surface area contributed by atoms with E-state index in [0.717, 1.165) is 11.3 Å². The molecule has 0 saturated carbocycles. The molecule has 2 heterocycles. The Balaban J connectivity index is 1.63. The molecule has 1 atom stereocenters. The van der Waals surface area contributed by atoms with Gasteiger partial charge in [0.05, 0.1) is 17.9 Å². The van der Waals surface area contributed by atoms with Crippen LogP contribution in [0.25, 0.3) is 5.70 Å². The number of pyridine rings is 1. The lowest BCUT2D eigenvalue weighted by Gasteiger charge is -2.31. The van der Waals surface area contributed by atoms with Crippen LogP contribution >= 0.6 is 0 Å². The van der Waals surface area contributed by atoms with Crippen LogP contribution in [0.3, 0.4) is 0 Å². The van der Waals surface area contributed by atoms with E-state index in [1.165, 1.54) is 0 Å². The largest absolute Gasteiger partial charge is 0.387 e. The van der Waals surface area contributed by atoms with Crippen molar-refractivity contribution in [1.29, 1.82) is 0 Å². The Morgan fingerprint density at radius 3 is 2.77 bits per heavy atom. The lowest BCUT2D eigenvalue weighted by molar-refractivity contribution is -0.0762. The van der Waals surface area contributed by atoms with Gasteiger partial charge in [-0.05, 0) is 43.5 Å². The quantitative estimate of drug-likeness (QED) is 0.534. The number of amides is 1. The van der Waals surface area contributed by atoms with E-state index >= 15 is 0 Å². The average molecular weight is 429 g/mol. The first-order valence-corrected chi connectivity index (χ1v) is 10.7. The number of nitrogens with zero attached hydrogens (tertiary/aromatic N) is 1. The standard InChI is InChI=1S/C24H30F2N4O/c1-17(27-2)22-15-19(14-21(30-22)13-18-7-4-3-5-8-18)23(31)29-11-6-9-20-10-12-28-16-24(20,25)26/h3-5,7-8,14-15,20,27-28H,1,6,9-13,16H2,2H3,(H,29,31). The number of alkyl halides is 2. The molecule has 31 heavy (non-hydrogen) atoms. The second kappa shape index (κ2) is 10.5. The number of halogens is 2. The minimum Gasteiger partial charge on any atom is -0.387 e. The van der Waals surface area contributed by atoms with Crippen LogP contribution in [0.1, 0.15) is 46.6 Å². The number of hydrogen-bond acceptors (Lipinski definition) is 4. The van der Waals surface area contributed by atoms with Crippen molar-refractivity contribution in [3.8, 4) is 0 Å². The van der Waals surface area contributed by atoms with Crippen LogP contribution in [0, 0.1) is 5.92 Å². The first-order chi connectivity index (χ1) is 14.9. The van der Waals surface area contributed by atoms with Crippen molar-refractivity contribution in [2.45, 2.75) is 31.6 Å². The van der Waals surface area contributed by atoms with E-state index in [2.05, 4.69) is 27.5 Å². The predicted molar refractivity (Wildman–Crippen MR) is 119 cm³/mol. The smallest absolute Gasteiger partial charge is 0.263 e. The van der Waals surface area contributed by atoms with Crippen molar-refractivity contribution >= 4 is 11.6 Å². The topological polar surface area (TPSA) is 66.1 Å². The Morgan fingerprint density at radius 1 is 1.29 bits per heavy atom. The molecule has 1 saturated heterocycles. The summed E-state index contributed by atoms with van der Waals surface area (Å²) in [7, 11) is 1.75. The van der Waals surface area contributed by atoms with Crippen LogP contribution in [0.5, 0.6) is 0 Å². The summed E-state index contributed by atoms with van der Waals surface area (Å²) in [5, 5.41) is 8.57. The van der Waals surface area contributed by atoms with Gasteiger partial charge >= 0.3 is 0 Å². The molecule has 3 rings (SSSR count). The fourth-order valence-corrected chi connectivity index (χ4v) is 3.79. The van der Waals surface area contributed by atoms with Crippen LogP contribution in [-0.4, -0.2) is 43.5 Å². The van der Waals surface area contributed by atoms with Crippen LogP contribution in [0.2, 0.25) is 0 Å². The molecule has 3 N–H and O–H groups in total. The third-order valence-electron chi connectivity index (χ3n) is 5.62. The number of nitrogens with one attached hydrogen (secondary N) is 3. The Bertz CT molecular complexity index is 902. The first-order valence-electron chi connectivity index (χ1n) is 10.7. The average Bonchev–Trinajstić information content (AvgIpc) is 2.77. The molecule has 7 heteroatoms. The summed E-state index contributed by atoms with van der Waals surface area (Å²) >= 11 is 0. The highest BCUT2D eigenvalue weighted by molar-refractivity contribution is 5.94. The van der Waals surface area contributed by atoms with Gasteiger partial charge < -0.3 is 16.0 Å². The lowest BCUT2D eigenvalue weighted by Crippen LogP contribution is -2.46. The van der Waals surface area contributed by atoms with E-state index in [9.17, 15) is 13.6 Å². The summed E-state index contributed by atoms with van der Waals surface area (Å²) in [6.07, 6.45) is 1.97. The van der Waals surface area contributed by atoms with Gasteiger partial charge in [0.1, 0.15) is 0 Å². The Kier molecular flexibility index (Phi) is 7.74. The van der Waals surface area contributed by atoms with Gasteiger partial charge in [-0.3, -0.25) is 9.78 Å². The molecule has 0 bridgehead atoms. The molecule has 2 aromatic rings. The molecular formula is C24H30F2N4O. The monoisotopic (exact) mass is 428 g/mol. The molecule has 1 aromatic heterocycles. The van der Waals surface area contributed by atoms with Gasteiger partial charge in [0, 0.05) is 37.2 Å². The number of rotatable bonds is 9. The number of benzene rings is 1. The molecule has 1 aromatic carbocycles. The molecule has 1 aliphatic rings. The van der Waals surface area contributed by atoms with Gasteiger partial charge in [0.25, 0.3) is 11.8 Å². The predicted octanol–water partition coefficient (Wildman–Crippen LogP) is 3.62. The summed E-state index contributed by atoms with van der Waals surface area (Å²) in [5.41, 5.74) is 3.57. The Hall–Kier alpha value is -2.80. The van der Waals surface area contributed by atoms with Gasteiger partial charge in [-0.15, -0.1) is 0 Å². The second-order valence-corrected chi connectivity index (χ2v) is 7.94. The van der Waals surface area contributed by atoms with Crippen LogP contribution in [0.4, 0.5) is 8.78 Å². The molecule has 1 aliphatic heterocycles. The highest BCUT2D eigenvalue weighted by Crippen LogP contribution is 2.32. The zero-order chi connectivity index (χ0) is 22.3. The minimum absolute atomic E-state index is 0.237. The number of hydrogen-bond donors (Lipinski definition) is 3. The summed E-state index contributed by atoms with van der Waals surface area (Å²) in [4.78, 5) is 17.4. The van der Waals surface area contributed by atoms with Gasteiger partial charge in [-0.2, -0.15) is 0 Å². The van der Waals surface area contributed by atoms with Crippen LogP contribution in [0.15, 0.2) is 49.0 Å². The first kappa shape index (κ1) is 22.9. The van der Waals surface area contributed by atoms with Crippen molar-refractivity contribution < 1.29 is 13.6 Å². The van der Waals surface area contributed by atoms with Crippen molar-refractivity contribution in [3.05, 3.63) is 71.6 Å². The highest BCUT2D eigenvalue weighted by atomic mass is 19.3. The zero-order valence-corrected chi connectivity index (χ0v) is 17.9. The molecule has 0 aliphatic carbocycles. The van der Waals surface area contributed by atoms with E-state index in [4.69, 9.17) is 0 Å². The van der Waals surface area contributed by atoms with E-state index < -0.39 is 11.8 Å². The molecule has 0 radical (unpaired) electrons. The Morgan fingerprint density at radius 2 is 2.06 bits per heavy atom. The maximum atomic E-state index is 13.9. The second-order valence-electron chi connectivity index (χ2n) is 7.94. The molecule has 1 unspecified atom stereocenters. The summed E-state index contributed by atoms with van der Waals surface area (Å²) in [6, 6.07) is 13.4. The van der Waals surface area contributed by atoms with E-state index in [0.29, 0.717) is 55.7 Å². The van der Waals surface area contributed by atoms with Crippen molar-refractivity contribution in [1.82, 2.24) is 20.9 Å². The molecule has 0 spiro atoms. The number of piperidine rings is 1. The molecule has 1 fully saturated rings. The van der Waals surface area contributed by atoms with E-state index in [1.807, 2.05) is 30.3 Å². The highest BCUT2D eigenvalue weighted by Gasteiger charge is 2.40. The van der Waals surface area contributed by atoms with E-state index in [-0.39, 0.29) is 12.5 Å². The van der Waals surface area contributed by atoms with Crippen LogP contribution in [-0.2, 0) is 6.42 Å². The van der Waals surface area contributed by atoms with Crippen LogP contribution < -0.4 is 16.0 Å². The maximum absolute atomic E-state index is 13.9. The molecule has 1 amide bonds. The molecule has 166 valence electrons. The van der Waals surface area contributed by atoms with E-state index in [1.54, 1.807) is 19.2 Å². The Labute approximate surface area is 182 Å². The van der Waals surface area contributed by atoms with Gasteiger partial charge in [-0.25, -0.2) is 8.78 Å². The fourth-order valence-electron chi connectivity index (χ4n) is 3.79. The summed E-state index contributed by atoms with van der Waals surface area (Å²) in [6.45, 7) is 4.67. The third-order valence-corrected chi connectivity index (χ3v) is 5.62. The normalized spacial score (nSPS) is 17.7.